The molecule has 1 aliphatic rings. The predicted octanol–water partition coefficient (Wildman–Crippen LogP) is 5.27. The Kier molecular flexibility index (Phi) is 8.16. The lowest BCUT2D eigenvalue weighted by Gasteiger charge is -2.27. The van der Waals surface area contributed by atoms with Gasteiger partial charge in [0, 0.05) is 49.7 Å². The lowest BCUT2D eigenvalue weighted by atomic mass is 9.99. The van der Waals surface area contributed by atoms with E-state index in [1.165, 1.54) is 23.3 Å². The third-order valence-electron chi connectivity index (χ3n) is 6.48. The van der Waals surface area contributed by atoms with Crippen LogP contribution in [0.3, 0.4) is 0 Å². The Labute approximate surface area is 221 Å². The Balaban J connectivity index is 1.27. The van der Waals surface area contributed by atoms with Crippen molar-refractivity contribution >= 4 is 11.5 Å². The molecule has 1 amide bonds. The van der Waals surface area contributed by atoms with Crippen molar-refractivity contribution < 1.29 is 13.9 Å². The number of hydrogen-bond acceptors (Lipinski definition) is 5. The van der Waals surface area contributed by atoms with Crippen LogP contribution >= 0.6 is 0 Å². The van der Waals surface area contributed by atoms with Crippen LogP contribution in [0.25, 0.3) is 17.0 Å². The quantitative estimate of drug-likeness (QED) is 0.334. The average Bonchev–Trinajstić information content (AvgIpc) is 2.97. The number of amides is 1. The third-order valence-corrected chi connectivity index (χ3v) is 6.48. The minimum absolute atomic E-state index is 0.118. The molecule has 0 atom stereocenters. The number of halogens is 1. The van der Waals surface area contributed by atoms with Gasteiger partial charge in [0.1, 0.15) is 11.6 Å². The smallest absolute Gasteiger partial charge is 0.258 e. The van der Waals surface area contributed by atoms with Crippen molar-refractivity contribution in [3.05, 3.63) is 120 Å². The van der Waals surface area contributed by atoms with Crippen LogP contribution in [-0.4, -0.2) is 40.5 Å². The molecule has 0 radical (unpaired) electrons. The molecule has 3 aromatic carbocycles. The number of benzene rings is 3. The Morgan fingerprint density at radius 1 is 0.947 bits per heavy atom. The van der Waals surface area contributed by atoms with Crippen molar-refractivity contribution in [2.45, 2.75) is 19.5 Å². The zero-order chi connectivity index (χ0) is 26.2. The molecule has 0 bridgehead atoms. The zero-order valence-electron chi connectivity index (χ0n) is 21.0. The number of hydrogen-bond donors (Lipinski definition) is 1. The fourth-order valence-electron chi connectivity index (χ4n) is 4.44. The van der Waals surface area contributed by atoms with Crippen LogP contribution in [-0.2, 0) is 17.9 Å². The number of nitrogens with zero attached hydrogens (tertiary/aromatic N) is 3. The maximum Gasteiger partial charge on any atom is 0.258 e. The minimum Gasteiger partial charge on any atom is -0.483 e. The van der Waals surface area contributed by atoms with Crippen LogP contribution in [0.4, 0.5) is 4.39 Å². The van der Waals surface area contributed by atoms with Crippen molar-refractivity contribution in [1.29, 1.82) is 0 Å². The Morgan fingerprint density at radius 2 is 1.74 bits per heavy atom. The van der Waals surface area contributed by atoms with Crippen molar-refractivity contribution in [1.82, 2.24) is 20.2 Å². The maximum absolute atomic E-state index is 13.1. The van der Waals surface area contributed by atoms with Crippen LogP contribution < -0.4 is 10.1 Å². The van der Waals surface area contributed by atoms with Gasteiger partial charge in [-0.1, -0.05) is 48.5 Å². The summed E-state index contributed by atoms with van der Waals surface area (Å²) < 4.78 is 19.1. The number of carbonyl (C=O) groups excluding carboxylic acids is 1. The minimum atomic E-state index is -0.305. The highest BCUT2D eigenvalue weighted by atomic mass is 19.1. The van der Waals surface area contributed by atoms with Crippen LogP contribution in [0, 0.1) is 5.82 Å². The van der Waals surface area contributed by atoms with Gasteiger partial charge in [0.2, 0.25) is 0 Å². The van der Waals surface area contributed by atoms with Gasteiger partial charge in [-0.05, 0) is 59.5 Å². The molecule has 0 saturated heterocycles. The monoisotopic (exact) mass is 508 g/mol. The molecule has 7 heteroatoms. The van der Waals surface area contributed by atoms with Gasteiger partial charge in [-0.15, -0.1) is 0 Å². The molecule has 2 heterocycles. The molecule has 6 nitrogen and oxygen atoms in total. The normalized spacial score (nSPS) is 13.6. The van der Waals surface area contributed by atoms with E-state index in [0.29, 0.717) is 24.7 Å². The highest BCUT2D eigenvalue weighted by Crippen LogP contribution is 2.28. The first-order valence-corrected chi connectivity index (χ1v) is 12.6. The van der Waals surface area contributed by atoms with Crippen LogP contribution in [0.5, 0.6) is 5.75 Å². The predicted molar refractivity (Wildman–Crippen MR) is 146 cm³/mol. The first-order chi connectivity index (χ1) is 18.6. The van der Waals surface area contributed by atoms with E-state index in [0.717, 1.165) is 36.2 Å². The first kappa shape index (κ1) is 25.3. The molecule has 192 valence electrons. The second-order valence-corrected chi connectivity index (χ2v) is 9.17. The maximum atomic E-state index is 13.1. The van der Waals surface area contributed by atoms with E-state index >= 15 is 0 Å². The molecule has 5 rings (SSSR count). The molecule has 1 aromatic heterocycles. The summed E-state index contributed by atoms with van der Waals surface area (Å²) in [7, 11) is 0. The molecule has 0 aliphatic carbocycles. The Hall–Kier alpha value is -4.36. The fraction of sp³-hybridized carbons (Fsp3) is 0.194. The number of nitrogens with one attached hydrogen (secondary N) is 1. The van der Waals surface area contributed by atoms with Crippen molar-refractivity contribution in [2.24, 2.45) is 0 Å². The molecule has 1 aliphatic heterocycles. The molecule has 4 aromatic rings. The van der Waals surface area contributed by atoms with Crippen LogP contribution in [0.15, 0.2) is 97.3 Å². The van der Waals surface area contributed by atoms with E-state index in [9.17, 15) is 9.18 Å². The fourth-order valence-corrected chi connectivity index (χ4v) is 4.44. The number of rotatable bonds is 9. The summed E-state index contributed by atoms with van der Waals surface area (Å²) in [6.07, 6.45) is 6.69. The Bertz CT molecular complexity index is 1390. The van der Waals surface area contributed by atoms with Gasteiger partial charge in [0.05, 0.1) is 0 Å². The lowest BCUT2D eigenvalue weighted by molar-refractivity contribution is -0.123. The highest BCUT2D eigenvalue weighted by molar-refractivity contribution is 5.77. The van der Waals surface area contributed by atoms with Gasteiger partial charge in [-0.3, -0.25) is 9.69 Å². The highest BCUT2D eigenvalue weighted by Gasteiger charge is 2.17. The number of aromatic nitrogens is 2. The summed E-state index contributed by atoms with van der Waals surface area (Å²) in [4.78, 5) is 23.6. The van der Waals surface area contributed by atoms with Gasteiger partial charge in [-0.25, -0.2) is 14.4 Å². The lowest BCUT2D eigenvalue weighted by Crippen LogP contribution is -2.30. The van der Waals surface area contributed by atoms with Crippen molar-refractivity contribution in [3.63, 3.8) is 0 Å². The van der Waals surface area contributed by atoms with Gasteiger partial charge in [-0.2, -0.15) is 0 Å². The summed E-state index contributed by atoms with van der Waals surface area (Å²) in [6, 6.07) is 24.1. The summed E-state index contributed by atoms with van der Waals surface area (Å²) in [6.45, 7) is 2.61. The molecule has 38 heavy (non-hydrogen) atoms. The van der Waals surface area contributed by atoms with E-state index in [4.69, 9.17) is 4.74 Å². The second-order valence-electron chi connectivity index (χ2n) is 9.17. The molecule has 0 unspecified atom stereocenters. The summed E-state index contributed by atoms with van der Waals surface area (Å²) in [5.41, 5.74) is 5.32. The van der Waals surface area contributed by atoms with Crippen molar-refractivity contribution in [2.75, 3.05) is 19.7 Å². The van der Waals surface area contributed by atoms with E-state index in [2.05, 4.69) is 50.5 Å². The molecule has 0 fully saturated rings. The van der Waals surface area contributed by atoms with Crippen LogP contribution in [0.1, 0.15) is 23.1 Å². The Morgan fingerprint density at radius 3 is 2.47 bits per heavy atom. The molecule has 0 spiro atoms. The van der Waals surface area contributed by atoms with Gasteiger partial charge < -0.3 is 10.1 Å². The molecular weight excluding hydrogens is 479 g/mol. The van der Waals surface area contributed by atoms with Gasteiger partial charge in [0.15, 0.2) is 12.4 Å². The molecule has 0 saturated carbocycles. The van der Waals surface area contributed by atoms with E-state index in [1.807, 2.05) is 24.3 Å². The standard InChI is InChI=1S/C31H29FN4O2/c32-28-10-7-23(8-11-28)20-35-30(37)22-38-29-12-9-26(31-33-15-4-16-34-31)19-27(29)21-36-17-13-25(14-18-36)24-5-2-1-3-6-24/h1-13,15-16,19H,14,17-18,20-22H2,(H,35,37). The van der Waals surface area contributed by atoms with Crippen molar-refractivity contribution in [3.8, 4) is 17.1 Å². The zero-order valence-corrected chi connectivity index (χ0v) is 21.0. The SMILES string of the molecule is O=C(COc1ccc(-c2ncccn2)cc1CN1CC=C(c2ccccc2)CC1)NCc1ccc(F)cc1. The second kappa shape index (κ2) is 12.3. The third kappa shape index (κ3) is 6.69. The average molecular weight is 509 g/mol. The number of carbonyl (C=O) groups is 1. The van der Waals surface area contributed by atoms with E-state index in [-0.39, 0.29) is 18.3 Å². The summed E-state index contributed by atoms with van der Waals surface area (Å²) in [5.74, 6) is 0.742. The topological polar surface area (TPSA) is 67.3 Å². The number of ether oxygens (including phenoxy) is 1. The van der Waals surface area contributed by atoms with Gasteiger partial charge >= 0.3 is 0 Å². The first-order valence-electron chi connectivity index (χ1n) is 12.6. The molecule has 1 N–H and O–H groups in total. The summed E-state index contributed by atoms with van der Waals surface area (Å²) >= 11 is 0. The van der Waals surface area contributed by atoms with Crippen LogP contribution in [0.2, 0.25) is 0 Å². The largest absolute Gasteiger partial charge is 0.483 e. The molecular formula is C31H29FN4O2. The summed E-state index contributed by atoms with van der Waals surface area (Å²) in [5, 5.41) is 2.82. The van der Waals surface area contributed by atoms with Gasteiger partial charge in [0.25, 0.3) is 5.91 Å². The van der Waals surface area contributed by atoms with E-state index in [1.54, 1.807) is 30.6 Å². The van der Waals surface area contributed by atoms with E-state index < -0.39 is 0 Å².